The van der Waals surface area contributed by atoms with Gasteiger partial charge in [-0.1, -0.05) is 0 Å². The minimum absolute atomic E-state index is 0.0115. The number of aromatic nitrogens is 2. The van der Waals surface area contributed by atoms with E-state index < -0.39 is 180 Å². The topological polar surface area (TPSA) is 551 Å². The predicted molar refractivity (Wildman–Crippen MR) is 375 cm³/mol. The maximum Gasteiger partial charge on any atom is 0.417 e. The van der Waals surface area contributed by atoms with Gasteiger partial charge in [-0.25, -0.2) is 9.78 Å². The Kier molecular flexibility index (Phi) is 17.5. The summed E-state index contributed by atoms with van der Waals surface area (Å²) in [6.07, 6.45) is 2.15. The summed E-state index contributed by atoms with van der Waals surface area (Å²) in [5, 5.41) is 112. The standard InChI is InChI=1S/C24H26N4O8.C24H26N4O7.C23H28N4O7/c1-27(2)12-7-11-19(36-23(34)26-11)14-9(12)5-8-6-10-16(28(3)4)18(30)15(22(25)33)21(32)24(10,35)20(31)13(8)17(14)29;1-27(2)13-7-12-20(35-8-26-12)15-10(13)5-9-6-11-17(28(3)4)19(30)16(23(25)33)22(32)24(11,34)21(31)14(9)18(15)29;1-26(2)12-7-11(24)17(28)14-9(12)5-8-6-10-16(27(3)4)19(30)15(22(25)33)21(32)23(10,34)20(31)13(8)18(14)29/h7-8,10,16,29,32,35H,5-6H2,1-4H3,(H2,25,33)(H,26,34);7-9,11,17,29,32,34H,5-6H2,1-4H3,(H2,25,33);7-8,10,16,28-29,32,34H,5-6,24H2,1-4H3,(H2,25,33)/t8-,10-,16?,24-;9-,11-,17?,24-;8-,10-,16?,23-/m000/s1. The van der Waals surface area contributed by atoms with E-state index >= 15 is 0 Å². The number of hydrogen-bond donors (Lipinski definition) is 15. The number of nitrogens with zero attached hydrogens (tertiary/aromatic N) is 7. The fraction of sp³-hybridized carbons (Fsp3) is 0.423. The van der Waals surface area contributed by atoms with Crippen LogP contribution in [0, 0.1) is 35.5 Å². The highest BCUT2D eigenvalue weighted by Gasteiger charge is 2.68. The number of phenolic OH excluding ortho intramolecular Hbond substituents is 1. The second-order valence-electron chi connectivity index (χ2n) is 29.3. The van der Waals surface area contributed by atoms with E-state index in [-0.39, 0.29) is 77.0 Å². The first-order valence-corrected chi connectivity index (χ1v) is 33.1. The molecule has 3 amide bonds. The minimum atomic E-state index is -2.66. The molecule has 3 unspecified atom stereocenters. The van der Waals surface area contributed by atoms with Crippen molar-refractivity contribution in [2.75, 3.05) is 105 Å². The van der Waals surface area contributed by atoms with Crippen molar-refractivity contribution >= 4 is 115 Å². The molecule has 105 heavy (non-hydrogen) atoms. The smallest absolute Gasteiger partial charge is 0.417 e. The number of ketones is 6. The van der Waals surface area contributed by atoms with Gasteiger partial charge in [0.05, 0.1) is 46.0 Å². The number of aliphatic hydroxyl groups excluding tert-OH is 6. The van der Waals surface area contributed by atoms with E-state index in [9.17, 15) is 99.0 Å². The first kappa shape index (κ1) is 73.6. The SMILES string of the molecule is CN(C)c1cc(N)c(O)c2c1C[C@H]1C[C@H]3C(N(C)C)C(=O)C(C(N)=O)=C(O)[C@@]3(O)C(=O)C1=C2O.CN(C)c1cc2[nH]c(=O)oc2c2c1C[C@H]1C[C@H]3C(N(C)C)C(=O)C(C(N)=O)=C(O)[C@@]3(O)C(=O)C1=C2O.CN(C)c1cc2ncoc2c2c1C[C@H]1C[C@H]3C(N(C)C)C(=O)C(C(N)=O)=C(O)[C@@]3(O)C(=O)C1=C2O. The van der Waals surface area contributed by atoms with Crippen LogP contribution in [-0.2, 0) is 62.4 Å². The van der Waals surface area contributed by atoms with Gasteiger partial charge in [0.2, 0.25) is 17.3 Å². The molecule has 0 spiro atoms. The van der Waals surface area contributed by atoms with E-state index in [1.165, 1.54) is 21.1 Å². The molecule has 5 aromatic rings. The molecule has 0 saturated heterocycles. The number of likely N-dealkylation sites (N-methyl/N-ethyl adjacent to an activating group) is 3. The number of phenols is 1. The second-order valence-corrected chi connectivity index (χ2v) is 29.3. The number of fused-ring (bicyclic) bond motifs is 13. The summed E-state index contributed by atoms with van der Waals surface area (Å²) >= 11 is 0. The van der Waals surface area contributed by atoms with Gasteiger partial charge >= 0.3 is 5.76 Å². The summed E-state index contributed by atoms with van der Waals surface area (Å²) < 4.78 is 10.8. The number of oxazole rings is 2. The number of nitrogens with one attached hydrogen (secondary N) is 1. The first-order valence-electron chi connectivity index (χ1n) is 33.1. The number of carbonyl (C=O) groups excluding carboxylic acids is 9. The average Bonchev–Trinajstić information content (AvgIpc) is 0.836. The van der Waals surface area contributed by atoms with Gasteiger partial charge < -0.3 is 97.5 Å². The lowest BCUT2D eigenvalue weighted by Crippen LogP contribution is -2.65. The van der Waals surface area contributed by atoms with E-state index in [1.807, 2.05) is 25.1 Å². The maximum absolute atomic E-state index is 13.9. The van der Waals surface area contributed by atoms with Crippen LogP contribution >= 0.6 is 0 Å². The largest absolute Gasteiger partial charge is 0.508 e. The Morgan fingerprint density at radius 3 is 1.15 bits per heavy atom. The molecule has 19 N–H and O–H groups in total. The number of anilines is 4. The van der Waals surface area contributed by atoms with Crippen LogP contribution in [0.5, 0.6) is 5.75 Å². The number of nitrogen functional groups attached to an aromatic ring is 1. The van der Waals surface area contributed by atoms with Crippen LogP contribution in [0.4, 0.5) is 22.7 Å². The van der Waals surface area contributed by atoms with E-state index in [4.69, 9.17) is 31.8 Å². The van der Waals surface area contributed by atoms with Crippen molar-refractivity contribution in [3.63, 3.8) is 0 Å². The molecule has 2 aromatic heterocycles. The Balaban J connectivity index is 0.000000148. The maximum atomic E-state index is 13.9. The van der Waals surface area contributed by atoms with Crippen molar-refractivity contribution in [3.05, 3.63) is 119 Å². The number of primary amides is 3. The normalized spacial score (nSPS) is 28.3. The molecule has 3 fully saturated rings. The van der Waals surface area contributed by atoms with E-state index in [0.29, 0.717) is 51.1 Å². The lowest BCUT2D eigenvalue weighted by atomic mass is 9.57. The summed E-state index contributed by atoms with van der Waals surface area (Å²) in [4.78, 5) is 146. The number of nitrogens with two attached hydrogens (primary N) is 4. The van der Waals surface area contributed by atoms with Crippen LogP contribution in [0.3, 0.4) is 0 Å². The van der Waals surface area contributed by atoms with Gasteiger partial charge in [0, 0.05) is 93.8 Å². The fourth-order valence-corrected chi connectivity index (χ4v) is 17.8. The zero-order valence-electron chi connectivity index (χ0n) is 59.1. The van der Waals surface area contributed by atoms with Crippen molar-refractivity contribution in [3.8, 4) is 5.75 Å². The molecular formula is C71H80N12O22. The molecule has 0 bridgehead atoms. The van der Waals surface area contributed by atoms with Crippen molar-refractivity contribution in [2.45, 2.75) is 73.5 Å². The summed E-state index contributed by atoms with van der Waals surface area (Å²) in [5.74, 6) is -20.2. The lowest BCUT2D eigenvalue weighted by molar-refractivity contribution is -0.155. The quantitative estimate of drug-likeness (QED) is 0.0518. The number of aliphatic hydroxyl groups is 9. The highest BCUT2D eigenvalue weighted by molar-refractivity contribution is 6.27. The zero-order valence-corrected chi connectivity index (χ0v) is 59.1. The number of Topliss-reactive ketones (excluding diaryl/α,β-unsaturated/α-hetero) is 6. The fourth-order valence-electron chi connectivity index (χ4n) is 17.8. The van der Waals surface area contributed by atoms with Gasteiger partial charge in [-0.05, 0) is 133 Å². The van der Waals surface area contributed by atoms with Crippen LogP contribution in [0.1, 0.15) is 52.6 Å². The molecule has 12 atom stereocenters. The average molecular weight is 1450 g/mol. The van der Waals surface area contributed by atoms with Crippen molar-refractivity contribution in [1.82, 2.24) is 24.7 Å². The van der Waals surface area contributed by atoms with Crippen molar-refractivity contribution in [2.24, 2.45) is 52.7 Å². The summed E-state index contributed by atoms with van der Waals surface area (Å²) in [6, 6.07) is 1.77. The first-order chi connectivity index (χ1) is 48.9. The number of hydrogen-bond acceptors (Lipinski definition) is 30. The van der Waals surface area contributed by atoms with Crippen molar-refractivity contribution in [1.29, 1.82) is 0 Å². The zero-order chi connectivity index (χ0) is 77.4. The second kappa shape index (κ2) is 25.0. The Bertz CT molecular complexity index is 5080. The molecule has 9 aliphatic rings. The molecule has 0 aliphatic heterocycles. The molecule has 34 nitrogen and oxygen atoms in total. The van der Waals surface area contributed by atoms with Gasteiger partial charge in [0.1, 0.15) is 62.5 Å². The van der Waals surface area contributed by atoms with Crippen molar-refractivity contribution < 1.29 is 103 Å². The Hall–Kier alpha value is -11.2. The molecule has 3 saturated carbocycles. The number of amides is 3. The van der Waals surface area contributed by atoms with Crippen LogP contribution in [-0.4, -0.2) is 248 Å². The molecule has 34 heteroatoms. The summed E-state index contributed by atoms with van der Waals surface area (Å²) in [7, 11) is 20.2. The molecule has 3 aromatic carbocycles. The minimum Gasteiger partial charge on any atom is -0.508 e. The van der Waals surface area contributed by atoms with E-state index in [1.54, 1.807) is 92.4 Å². The molecular weight excluding hydrogens is 1370 g/mol. The third-order valence-electron chi connectivity index (χ3n) is 22.3. The molecule has 0 radical (unpaired) electrons. The Labute approximate surface area is 596 Å². The number of benzene rings is 3. The van der Waals surface area contributed by atoms with Gasteiger partial charge in [-0.3, -0.25) is 62.8 Å². The lowest BCUT2D eigenvalue weighted by Gasteiger charge is -2.50. The highest BCUT2D eigenvalue weighted by atomic mass is 16.4. The number of carbonyl (C=O) groups is 9. The van der Waals surface area contributed by atoms with Gasteiger partial charge in [-0.15, -0.1) is 0 Å². The number of rotatable bonds is 9. The third kappa shape index (κ3) is 10.3. The van der Waals surface area contributed by atoms with Gasteiger partial charge in [-0.2, -0.15) is 0 Å². The van der Waals surface area contributed by atoms with Crippen LogP contribution in [0.2, 0.25) is 0 Å². The number of aromatic amines is 1. The number of aromatic hydroxyl groups is 1. The van der Waals surface area contributed by atoms with Crippen LogP contribution in [0.25, 0.3) is 39.5 Å². The van der Waals surface area contributed by atoms with Crippen LogP contribution in [0.15, 0.2) is 88.9 Å². The Morgan fingerprint density at radius 2 is 0.810 bits per heavy atom. The third-order valence-corrected chi connectivity index (χ3v) is 22.3. The van der Waals surface area contributed by atoms with E-state index in [0.717, 1.165) is 11.3 Å². The highest BCUT2D eigenvalue weighted by Crippen LogP contribution is 2.58. The predicted octanol–water partition coefficient (Wildman–Crippen LogP) is -0.163. The molecule has 556 valence electrons. The number of H-pyrrole nitrogens is 1. The molecule has 14 rings (SSSR count). The monoisotopic (exact) mass is 1450 g/mol. The summed E-state index contributed by atoms with van der Waals surface area (Å²) in [5.41, 5.74) is 16.5. The van der Waals surface area contributed by atoms with Crippen LogP contribution < -0.4 is 43.4 Å². The molecule has 2 heterocycles. The molecule has 9 aliphatic carbocycles. The van der Waals surface area contributed by atoms with E-state index in [2.05, 4.69) is 9.97 Å². The summed E-state index contributed by atoms with van der Waals surface area (Å²) in [6.45, 7) is 0. The van der Waals surface area contributed by atoms with Gasteiger partial charge in [0.25, 0.3) is 17.7 Å². The Morgan fingerprint density at radius 1 is 0.486 bits per heavy atom. The van der Waals surface area contributed by atoms with Gasteiger partial charge in [0.15, 0.2) is 51.7 Å².